The topological polar surface area (TPSA) is 42.2 Å². The van der Waals surface area contributed by atoms with Crippen molar-refractivity contribution in [2.24, 2.45) is 11.7 Å². The Hall–Kier alpha value is -1.09. The number of hydrogen-bond acceptors (Lipinski definition) is 3. The van der Waals surface area contributed by atoms with Gasteiger partial charge in [-0.2, -0.15) is 0 Å². The summed E-state index contributed by atoms with van der Waals surface area (Å²) < 4.78 is 0. The van der Waals surface area contributed by atoms with Gasteiger partial charge >= 0.3 is 0 Å². The summed E-state index contributed by atoms with van der Waals surface area (Å²) in [4.78, 5) is 7.09. The van der Waals surface area contributed by atoms with Crippen molar-refractivity contribution >= 4 is 5.82 Å². The van der Waals surface area contributed by atoms with Gasteiger partial charge in [-0.3, -0.25) is 0 Å². The van der Waals surface area contributed by atoms with Crippen LogP contribution in [0.15, 0.2) is 18.3 Å². The highest BCUT2D eigenvalue weighted by molar-refractivity contribution is 5.48. The summed E-state index contributed by atoms with van der Waals surface area (Å²) >= 11 is 0. The lowest BCUT2D eigenvalue weighted by molar-refractivity contribution is 0.529. The Morgan fingerprint density at radius 2 is 2.11 bits per heavy atom. The van der Waals surface area contributed by atoms with Crippen LogP contribution < -0.4 is 10.6 Å². The van der Waals surface area contributed by atoms with Gasteiger partial charge in [0.1, 0.15) is 5.82 Å². The molecule has 1 heterocycles. The summed E-state index contributed by atoms with van der Waals surface area (Å²) in [5, 5.41) is 0. The lowest BCUT2D eigenvalue weighted by atomic mass is 10.1. The Kier molecular flexibility index (Phi) is 4.59. The fraction of sp³-hybridized carbons (Fsp3) is 0.667. The number of aromatic nitrogens is 1. The van der Waals surface area contributed by atoms with Crippen LogP contribution in [0.25, 0.3) is 0 Å². The van der Waals surface area contributed by atoms with E-state index in [0.29, 0.717) is 18.5 Å². The third kappa shape index (κ3) is 3.02. The Bertz CT molecular complexity index is 370. The maximum atomic E-state index is 5.85. The molecule has 1 aliphatic rings. The van der Waals surface area contributed by atoms with Crippen LogP contribution >= 0.6 is 0 Å². The van der Waals surface area contributed by atoms with E-state index in [4.69, 9.17) is 5.73 Å². The maximum absolute atomic E-state index is 5.85. The highest BCUT2D eigenvalue weighted by Crippen LogP contribution is 2.29. The highest BCUT2D eigenvalue weighted by Gasteiger charge is 2.25. The van der Waals surface area contributed by atoms with E-state index in [1.165, 1.54) is 31.2 Å². The lowest BCUT2D eigenvalue weighted by Gasteiger charge is -2.33. The molecule has 3 nitrogen and oxygen atoms in total. The van der Waals surface area contributed by atoms with E-state index in [9.17, 15) is 0 Å². The molecule has 1 fully saturated rings. The van der Waals surface area contributed by atoms with Crippen LogP contribution in [0.4, 0.5) is 5.82 Å². The summed E-state index contributed by atoms with van der Waals surface area (Å²) in [5.74, 6) is 1.76. The molecule has 3 heteroatoms. The van der Waals surface area contributed by atoms with Crippen molar-refractivity contribution < 1.29 is 0 Å². The molecule has 1 aromatic rings. The summed E-state index contributed by atoms with van der Waals surface area (Å²) in [6.07, 6.45) is 7.19. The van der Waals surface area contributed by atoms with Crippen molar-refractivity contribution in [1.29, 1.82) is 0 Å². The summed E-state index contributed by atoms with van der Waals surface area (Å²) in [6.45, 7) is 6.19. The summed E-state index contributed by atoms with van der Waals surface area (Å²) in [7, 11) is 0. The van der Waals surface area contributed by atoms with Gasteiger partial charge in [0.25, 0.3) is 0 Å². The largest absolute Gasteiger partial charge is 0.353 e. The van der Waals surface area contributed by atoms with Gasteiger partial charge in [-0.05, 0) is 24.8 Å². The third-order valence-electron chi connectivity index (χ3n) is 3.69. The van der Waals surface area contributed by atoms with Crippen molar-refractivity contribution in [3.63, 3.8) is 0 Å². The molecule has 1 aliphatic carbocycles. The fourth-order valence-corrected chi connectivity index (χ4v) is 2.87. The van der Waals surface area contributed by atoms with Crippen LogP contribution in [0, 0.1) is 5.92 Å². The van der Waals surface area contributed by atoms with Crippen molar-refractivity contribution in [2.75, 3.05) is 11.4 Å². The van der Waals surface area contributed by atoms with Crippen LogP contribution in [-0.4, -0.2) is 17.6 Å². The fourth-order valence-electron chi connectivity index (χ4n) is 2.87. The van der Waals surface area contributed by atoms with E-state index in [0.717, 1.165) is 12.4 Å². The van der Waals surface area contributed by atoms with Crippen LogP contribution in [-0.2, 0) is 6.54 Å². The van der Waals surface area contributed by atoms with Crippen LogP contribution in [0.2, 0.25) is 0 Å². The second-order valence-corrected chi connectivity index (χ2v) is 5.67. The van der Waals surface area contributed by atoms with Gasteiger partial charge in [0.2, 0.25) is 0 Å². The zero-order valence-electron chi connectivity index (χ0n) is 11.6. The SMILES string of the molecule is CC(C)CN(c1ncccc1CN)C1CCCC1. The first-order valence-corrected chi connectivity index (χ1v) is 7.13. The van der Waals surface area contributed by atoms with Crippen molar-refractivity contribution in [3.05, 3.63) is 23.9 Å². The van der Waals surface area contributed by atoms with Crippen molar-refractivity contribution in [2.45, 2.75) is 52.1 Å². The van der Waals surface area contributed by atoms with Crippen LogP contribution in [0.1, 0.15) is 45.1 Å². The van der Waals surface area contributed by atoms with Gasteiger partial charge in [-0.15, -0.1) is 0 Å². The Balaban J connectivity index is 2.26. The molecule has 0 aromatic carbocycles. The minimum Gasteiger partial charge on any atom is -0.353 e. The number of pyridine rings is 1. The monoisotopic (exact) mass is 247 g/mol. The molecule has 2 rings (SSSR count). The number of hydrogen-bond donors (Lipinski definition) is 1. The standard InChI is InChI=1S/C15H25N3/c1-12(2)11-18(14-7-3-4-8-14)15-13(10-16)6-5-9-17-15/h5-6,9,12,14H,3-4,7-8,10-11,16H2,1-2H3. The number of nitrogens with zero attached hydrogens (tertiary/aromatic N) is 2. The van der Waals surface area contributed by atoms with E-state index < -0.39 is 0 Å². The van der Waals surface area contributed by atoms with Crippen LogP contribution in [0.5, 0.6) is 0 Å². The second kappa shape index (κ2) is 6.19. The van der Waals surface area contributed by atoms with Crippen LogP contribution in [0.3, 0.4) is 0 Å². The quantitative estimate of drug-likeness (QED) is 0.870. The minimum absolute atomic E-state index is 0.574. The molecular weight excluding hydrogens is 222 g/mol. The zero-order valence-corrected chi connectivity index (χ0v) is 11.6. The van der Waals surface area contributed by atoms with Gasteiger partial charge in [0, 0.05) is 30.9 Å². The first-order chi connectivity index (χ1) is 8.72. The molecule has 0 saturated heterocycles. The first kappa shape index (κ1) is 13.3. The Labute approximate surface area is 110 Å². The van der Waals surface area contributed by atoms with E-state index in [2.05, 4.69) is 29.8 Å². The van der Waals surface area contributed by atoms with E-state index in [1.807, 2.05) is 12.3 Å². The van der Waals surface area contributed by atoms with E-state index in [-0.39, 0.29) is 0 Å². The van der Waals surface area contributed by atoms with Gasteiger partial charge in [-0.25, -0.2) is 4.98 Å². The van der Waals surface area contributed by atoms with Gasteiger partial charge in [-0.1, -0.05) is 32.8 Å². The zero-order chi connectivity index (χ0) is 13.0. The molecule has 1 aromatic heterocycles. The molecule has 0 bridgehead atoms. The van der Waals surface area contributed by atoms with E-state index in [1.54, 1.807) is 0 Å². The Morgan fingerprint density at radius 1 is 1.39 bits per heavy atom. The van der Waals surface area contributed by atoms with Gasteiger partial charge in [0.15, 0.2) is 0 Å². The number of nitrogens with two attached hydrogens (primary N) is 1. The second-order valence-electron chi connectivity index (χ2n) is 5.67. The average Bonchev–Trinajstić information content (AvgIpc) is 2.89. The summed E-state index contributed by atoms with van der Waals surface area (Å²) in [6, 6.07) is 4.74. The van der Waals surface area contributed by atoms with Crippen molar-refractivity contribution in [1.82, 2.24) is 4.98 Å². The van der Waals surface area contributed by atoms with Gasteiger partial charge < -0.3 is 10.6 Å². The number of rotatable bonds is 5. The molecule has 0 spiro atoms. The normalized spacial score (nSPS) is 16.4. The molecule has 0 radical (unpaired) electrons. The average molecular weight is 247 g/mol. The molecule has 0 atom stereocenters. The first-order valence-electron chi connectivity index (χ1n) is 7.13. The predicted molar refractivity (Wildman–Crippen MR) is 76.6 cm³/mol. The smallest absolute Gasteiger partial charge is 0.133 e. The molecule has 18 heavy (non-hydrogen) atoms. The molecule has 0 unspecified atom stereocenters. The molecule has 0 amide bonds. The Morgan fingerprint density at radius 3 is 2.72 bits per heavy atom. The lowest BCUT2D eigenvalue weighted by Crippen LogP contribution is -2.37. The van der Waals surface area contributed by atoms with E-state index >= 15 is 0 Å². The highest BCUT2D eigenvalue weighted by atomic mass is 15.2. The maximum Gasteiger partial charge on any atom is 0.133 e. The molecule has 0 aliphatic heterocycles. The van der Waals surface area contributed by atoms with Gasteiger partial charge in [0.05, 0.1) is 0 Å². The summed E-state index contributed by atoms with van der Waals surface area (Å²) in [5.41, 5.74) is 7.02. The molecular formula is C15H25N3. The molecule has 100 valence electrons. The predicted octanol–water partition coefficient (Wildman–Crippen LogP) is 2.95. The minimum atomic E-state index is 0.574. The third-order valence-corrected chi connectivity index (χ3v) is 3.69. The van der Waals surface area contributed by atoms with Crippen molar-refractivity contribution in [3.8, 4) is 0 Å². The molecule has 2 N–H and O–H groups in total. The number of anilines is 1. The molecule has 1 saturated carbocycles.